The van der Waals surface area contributed by atoms with Gasteiger partial charge in [-0.15, -0.1) is 0 Å². The van der Waals surface area contributed by atoms with Gasteiger partial charge in [-0.05, 0) is 6.42 Å². The van der Waals surface area contributed by atoms with Gasteiger partial charge in [-0.1, -0.05) is 22.6 Å². The van der Waals surface area contributed by atoms with Crippen molar-refractivity contribution in [3.63, 3.8) is 0 Å². The molecule has 0 aromatic carbocycles. The zero-order valence-corrected chi connectivity index (χ0v) is 7.37. The first-order valence-corrected chi connectivity index (χ1v) is 4.67. The van der Waals surface area contributed by atoms with Crippen LogP contribution >= 0.6 is 22.6 Å². The molecule has 1 saturated heterocycles. The summed E-state index contributed by atoms with van der Waals surface area (Å²) < 4.78 is 6.39. The Kier molecular flexibility index (Phi) is 3.21. The molecule has 0 amide bonds. The van der Waals surface area contributed by atoms with Gasteiger partial charge in [0.1, 0.15) is 0 Å². The van der Waals surface area contributed by atoms with Gasteiger partial charge in [0.15, 0.2) is 0 Å². The largest absolute Gasteiger partial charge is 0.396 e. The number of hydrogen-bond acceptors (Lipinski definition) is 2. The highest BCUT2D eigenvalue weighted by atomic mass is 127. The molecule has 1 aliphatic heterocycles. The number of hydrogen-bond donors (Lipinski definition) is 1. The van der Waals surface area contributed by atoms with Crippen molar-refractivity contribution in [3.8, 4) is 0 Å². The number of halogens is 1. The molecular formula is C6H11IO2. The molecule has 0 aliphatic carbocycles. The lowest BCUT2D eigenvalue weighted by Gasteiger charge is -2.01. The molecule has 54 valence electrons. The molecule has 0 spiro atoms. The van der Waals surface area contributed by atoms with E-state index in [4.69, 9.17) is 9.84 Å². The second-order valence-electron chi connectivity index (χ2n) is 2.39. The van der Waals surface area contributed by atoms with E-state index in [1.54, 1.807) is 0 Å². The Labute approximate surface area is 68.7 Å². The van der Waals surface area contributed by atoms with Crippen LogP contribution in [0.4, 0.5) is 0 Å². The van der Waals surface area contributed by atoms with Crippen molar-refractivity contribution in [1.82, 2.24) is 0 Å². The van der Waals surface area contributed by atoms with Crippen LogP contribution in [0.1, 0.15) is 6.42 Å². The normalized spacial score (nSPS) is 35.3. The molecule has 3 heteroatoms. The van der Waals surface area contributed by atoms with E-state index in [-0.39, 0.29) is 6.61 Å². The summed E-state index contributed by atoms with van der Waals surface area (Å²) in [5.74, 6) is 0.407. The number of rotatable bonds is 2. The summed E-state index contributed by atoms with van der Waals surface area (Å²) >= 11 is 2.31. The maximum Gasteiger partial charge on any atom is 0.0668 e. The fourth-order valence-electron chi connectivity index (χ4n) is 1.01. The fraction of sp³-hybridized carbons (Fsp3) is 1.00. The minimum absolute atomic E-state index is 0.285. The summed E-state index contributed by atoms with van der Waals surface area (Å²) in [5.41, 5.74) is 0. The van der Waals surface area contributed by atoms with E-state index in [9.17, 15) is 0 Å². The van der Waals surface area contributed by atoms with Crippen molar-refractivity contribution in [2.45, 2.75) is 12.5 Å². The lowest BCUT2D eigenvalue weighted by atomic mass is 10.1. The first kappa shape index (κ1) is 7.75. The molecule has 0 radical (unpaired) electrons. The zero-order chi connectivity index (χ0) is 6.69. The second-order valence-corrected chi connectivity index (χ2v) is 3.27. The second kappa shape index (κ2) is 3.73. The number of aliphatic hydroxyl groups excluding tert-OH is 1. The van der Waals surface area contributed by atoms with Gasteiger partial charge in [0, 0.05) is 17.0 Å². The lowest BCUT2D eigenvalue weighted by molar-refractivity contribution is 0.117. The van der Waals surface area contributed by atoms with Crippen molar-refractivity contribution >= 4 is 22.6 Å². The molecule has 0 aromatic heterocycles. The summed E-state index contributed by atoms with van der Waals surface area (Å²) in [5, 5.41) is 8.70. The van der Waals surface area contributed by atoms with Gasteiger partial charge in [0.05, 0.1) is 12.7 Å². The Morgan fingerprint density at radius 3 is 2.78 bits per heavy atom. The molecule has 1 fully saturated rings. The van der Waals surface area contributed by atoms with E-state index in [1.807, 2.05) is 0 Å². The van der Waals surface area contributed by atoms with E-state index in [0.29, 0.717) is 12.0 Å². The Hall–Kier alpha value is 0.650. The summed E-state index contributed by atoms with van der Waals surface area (Å²) in [6.07, 6.45) is 1.45. The molecule has 2 unspecified atom stereocenters. The van der Waals surface area contributed by atoms with Gasteiger partial charge in [0.25, 0.3) is 0 Å². The summed E-state index contributed by atoms with van der Waals surface area (Å²) in [7, 11) is 0. The monoisotopic (exact) mass is 242 g/mol. The van der Waals surface area contributed by atoms with Crippen molar-refractivity contribution in [2.75, 3.05) is 17.6 Å². The van der Waals surface area contributed by atoms with E-state index >= 15 is 0 Å². The molecule has 0 aromatic rings. The standard InChI is InChI=1S/C6H11IO2/c7-2-6-1-5(3-8)4-9-6/h5-6,8H,1-4H2. The Balaban J connectivity index is 2.20. The highest BCUT2D eigenvalue weighted by molar-refractivity contribution is 14.1. The number of aliphatic hydroxyl groups is 1. The SMILES string of the molecule is OCC1COC(CI)C1. The van der Waals surface area contributed by atoms with E-state index < -0.39 is 0 Å². The minimum atomic E-state index is 0.285. The van der Waals surface area contributed by atoms with Crippen LogP contribution < -0.4 is 0 Å². The van der Waals surface area contributed by atoms with E-state index in [1.165, 1.54) is 0 Å². The zero-order valence-electron chi connectivity index (χ0n) is 5.22. The topological polar surface area (TPSA) is 29.5 Å². The van der Waals surface area contributed by atoms with Crippen molar-refractivity contribution < 1.29 is 9.84 Å². The van der Waals surface area contributed by atoms with Crippen LogP contribution in [0.25, 0.3) is 0 Å². The summed E-state index contributed by atoms with van der Waals surface area (Å²) in [4.78, 5) is 0. The lowest BCUT2D eigenvalue weighted by Crippen LogP contribution is -2.06. The molecule has 9 heavy (non-hydrogen) atoms. The molecule has 0 bridgehead atoms. The third-order valence-corrected chi connectivity index (χ3v) is 2.58. The highest BCUT2D eigenvalue weighted by Crippen LogP contribution is 2.19. The van der Waals surface area contributed by atoms with Crippen LogP contribution in [0.15, 0.2) is 0 Å². The Morgan fingerprint density at radius 1 is 1.67 bits per heavy atom. The average Bonchev–Trinajstić information content (AvgIpc) is 2.34. The maximum atomic E-state index is 8.70. The highest BCUT2D eigenvalue weighted by Gasteiger charge is 2.23. The first-order valence-electron chi connectivity index (χ1n) is 3.15. The van der Waals surface area contributed by atoms with Crippen LogP contribution in [-0.4, -0.2) is 28.9 Å². The van der Waals surface area contributed by atoms with Crippen molar-refractivity contribution in [1.29, 1.82) is 0 Å². The van der Waals surface area contributed by atoms with Gasteiger partial charge in [-0.25, -0.2) is 0 Å². The molecule has 2 nitrogen and oxygen atoms in total. The predicted molar refractivity (Wildman–Crippen MR) is 43.8 cm³/mol. The molecule has 0 saturated carbocycles. The Bertz CT molecular complexity index is 77.1. The van der Waals surface area contributed by atoms with Crippen LogP contribution in [-0.2, 0) is 4.74 Å². The number of alkyl halides is 1. The molecule has 1 aliphatic rings. The van der Waals surface area contributed by atoms with Crippen LogP contribution in [0.3, 0.4) is 0 Å². The third kappa shape index (κ3) is 2.05. The van der Waals surface area contributed by atoms with E-state index in [0.717, 1.165) is 17.5 Å². The van der Waals surface area contributed by atoms with Crippen molar-refractivity contribution in [2.24, 2.45) is 5.92 Å². The van der Waals surface area contributed by atoms with Crippen molar-refractivity contribution in [3.05, 3.63) is 0 Å². The van der Waals surface area contributed by atoms with Gasteiger partial charge in [-0.3, -0.25) is 0 Å². The first-order chi connectivity index (χ1) is 4.36. The fourth-order valence-corrected chi connectivity index (χ4v) is 1.63. The van der Waals surface area contributed by atoms with Crippen LogP contribution in [0, 0.1) is 5.92 Å². The Morgan fingerprint density at radius 2 is 2.44 bits per heavy atom. The molecule has 1 rings (SSSR count). The maximum absolute atomic E-state index is 8.70. The minimum Gasteiger partial charge on any atom is -0.396 e. The smallest absolute Gasteiger partial charge is 0.0668 e. The van der Waals surface area contributed by atoms with Gasteiger partial charge >= 0.3 is 0 Å². The molecule has 1 heterocycles. The van der Waals surface area contributed by atoms with Crippen LogP contribution in [0.2, 0.25) is 0 Å². The summed E-state index contributed by atoms with van der Waals surface area (Å²) in [6.45, 7) is 1.04. The van der Waals surface area contributed by atoms with Gasteiger partial charge in [0.2, 0.25) is 0 Å². The van der Waals surface area contributed by atoms with E-state index in [2.05, 4.69) is 22.6 Å². The predicted octanol–water partition coefficient (Wildman–Crippen LogP) is 0.819. The molecule has 2 atom stereocenters. The third-order valence-electron chi connectivity index (χ3n) is 1.59. The molecular weight excluding hydrogens is 231 g/mol. The number of ether oxygens (including phenoxy) is 1. The van der Waals surface area contributed by atoms with Gasteiger partial charge < -0.3 is 9.84 Å². The molecule has 1 N–H and O–H groups in total. The average molecular weight is 242 g/mol. The quantitative estimate of drug-likeness (QED) is 0.573. The summed E-state index contributed by atoms with van der Waals surface area (Å²) in [6, 6.07) is 0. The van der Waals surface area contributed by atoms with Gasteiger partial charge in [-0.2, -0.15) is 0 Å². The van der Waals surface area contributed by atoms with Crippen LogP contribution in [0.5, 0.6) is 0 Å².